The van der Waals surface area contributed by atoms with Crippen LogP contribution in [0.4, 0.5) is 0 Å². The van der Waals surface area contributed by atoms with E-state index in [2.05, 4.69) is 4.72 Å². The molecule has 0 aliphatic heterocycles. The van der Waals surface area contributed by atoms with Gasteiger partial charge in [0.05, 0.1) is 5.75 Å². The minimum atomic E-state index is -3.05. The fraction of sp³-hybridized carbons (Fsp3) is 1.00. The summed E-state index contributed by atoms with van der Waals surface area (Å²) in [5.74, 6) is 0.252. The Balaban J connectivity index is 2.30. The average Bonchev–Trinajstić information content (AvgIpc) is 2.94. The van der Waals surface area contributed by atoms with Gasteiger partial charge in [-0.05, 0) is 37.6 Å². The molecule has 0 aromatic rings. The zero-order chi connectivity index (χ0) is 11.4. The van der Waals surface area contributed by atoms with Gasteiger partial charge in [0.1, 0.15) is 0 Å². The Morgan fingerprint density at radius 2 is 2.07 bits per heavy atom. The van der Waals surface area contributed by atoms with Crippen molar-refractivity contribution in [3.63, 3.8) is 0 Å². The van der Waals surface area contributed by atoms with E-state index in [-0.39, 0.29) is 11.2 Å². The second kappa shape index (κ2) is 5.27. The summed E-state index contributed by atoms with van der Waals surface area (Å²) < 4.78 is 25.7. The third-order valence-electron chi connectivity index (χ3n) is 3.07. The SMILES string of the molecule is CCCCS(=O)(=O)NCC1(CCN)CC1. The molecule has 1 aliphatic carbocycles. The second-order valence-electron chi connectivity index (χ2n) is 4.53. The van der Waals surface area contributed by atoms with Crippen LogP contribution in [0.15, 0.2) is 0 Å². The predicted molar refractivity (Wildman–Crippen MR) is 62.0 cm³/mol. The summed E-state index contributed by atoms with van der Waals surface area (Å²) in [6.45, 7) is 3.22. The standard InChI is InChI=1S/C10H22N2O2S/c1-2-3-8-15(13,14)12-9-10(4-5-10)6-7-11/h12H,2-9,11H2,1H3. The topological polar surface area (TPSA) is 72.2 Å². The van der Waals surface area contributed by atoms with E-state index < -0.39 is 10.0 Å². The smallest absolute Gasteiger partial charge is 0.211 e. The van der Waals surface area contributed by atoms with Gasteiger partial charge in [-0.25, -0.2) is 13.1 Å². The van der Waals surface area contributed by atoms with Crippen LogP contribution < -0.4 is 10.5 Å². The van der Waals surface area contributed by atoms with Crippen LogP contribution in [0.3, 0.4) is 0 Å². The van der Waals surface area contributed by atoms with Gasteiger partial charge in [0.2, 0.25) is 10.0 Å². The molecule has 1 aliphatic rings. The van der Waals surface area contributed by atoms with Gasteiger partial charge in [0.15, 0.2) is 0 Å². The summed E-state index contributed by atoms with van der Waals surface area (Å²) in [7, 11) is -3.05. The first-order chi connectivity index (χ1) is 7.04. The second-order valence-corrected chi connectivity index (χ2v) is 6.46. The van der Waals surface area contributed by atoms with Crippen molar-refractivity contribution in [2.24, 2.45) is 11.1 Å². The molecule has 0 unspecified atom stereocenters. The largest absolute Gasteiger partial charge is 0.330 e. The molecule has 0 heterocycles. The number of rotatable bonds is 8. The molecule has 0 amide bonds. The lowest BCUT2D eigenvalue weighted by Gasteiger charge is -2.14. The Labute approximate surface area is 92.7 Å². The van der Waals surface area contributed by atoms with Crippen molar-refractivity contribution < 1.29 is 8.42 Å². The molecule has 5 heteroatoms. The van der Waals surface area contributed by atoms with E-state index in [1.54, 1.807) is 0 Å². The molecule has 0 bridgehead atoms. The maximum absolute atomic E-state index is 11.5. The van der Waals surface area contributed by atoms with Gasteiger partial charge in [-0.15, -0.1) is 0 Å². The first-order valence-corrected chi connectivity index (χ1v) is 7.36. The first kappa shape index (κ1) is 12.9. The molecule has 0 spiro atoms. The Morgan fingerprint density at radius 3 is 2.53 bits per heavy atom. The summed E-state index contributed by atoms with van der Waals surface area (Å²) in [5, 5.41) is 0. The monoisotopic (exact) mass is 234 g/mol. The van der Waals surface area contributed by atoms with Crippen LogP contribution in [0.25, 0.3) is 0 Å². The van der Waals surface area contributed by atoms with E-state index in [0.29, 0.717) is 13.1 Å². The molecule has 0 atom stereocenters. The number of nitrogens with two attached hydrogens (primary N) is 1. The molecule has 1 saturated carbocycles. The maximum Gasteiger partial charge on any atom is 0.211 e. The molecule has 0 radical (unpaired) electrons. The number of unbranched alkanes of at least 4 members (excludes halogenated alkanes) is 1. The summed E-state index contributed by atoms with van der Waals surface area (Å²) >= 11 is 0. The normalized spacial score (nSPS) is 19.1. The molecular formula is C10H22N2O2S. The highest BCUT2D eigenvalue weighted by molar-refractivity contribution is 7.89. The zero-order valence-electron chi connectivity index (χ0n) is 9.46. The highest BCUT2D eigenvalue weighted by Gasteiger charge is 2.41. The van der Waals surface area contributed by atoms with Crippen molar-refractivity contribution in [1.82, 2.24) is 4.72 Å². The van der Waals surface area contributed by atoms with Gasteiger partial charge in [0.25, 0.3) is 0 Å². The molecule has 90 valence electrons. The molecule has 1 fully saturated rings. The highest BCUT2D eigenvalue weighted by atomic mass is 32.2. The van der Waals surface area contributed by atoms with Crippen molar-refractivity contribution in [1.29, 1.82) is 0 Å². The number of nitrogens with one attached hydrogen (secondary N) is 1. The predicted octanol–water partition coefficient (Wildman–Crippen LogP) is 0.835. The van der Waals surface area contributed by atoms with Crippen LogP contribution in [0.2, 0.25) is 0 Å². The summed E-state index contributed by atoms with van der Waals surface area (Å²) in [6.07, 6.45) is 4.80. The lowest BCUT2D eigenvalue weighted by atomic mass is 10.0. The van der Waals surface area contributed by atoms with Crippen LogP contribution in [-0.4, -0.2) is 27.3 Å². The highest BCUT2D eigenvalue weighted by Crippen LogP contribution is 2.47. The van der Waals surface area contributed by atoms with Gasteiger partial charge in [0, 0.05) is 6.54 Å². The van der Waals surface area contributed by atoms with Crippen LogP contribution in [0, 0.1) is 5.41 Å². The van der Waals surface area contributed by atoms with Crippen LogP contribution >= 0.6 is 0 Å². The van der Waals surface area contributed by atoms with E-state index in [9.17, 15) is 8.42 Å². The third kappa shape index (κ3) is 4.49. The molecule has 3 N–H and O–H groups in total. The van der Waals surface area contributed by atoms with E-state index >= 15 is 0 Å². The lowest BCUT2D eigenvalue weighted by Crippen LogP contribution is -2.33. The van der Waals surface area contributed by atoms with Crippen molar-refractivity contribution in [3.8, 4) is 0 Å². The number of hydrogen-bond acceptors (Lipinski definition) is 3. The average molecular weight is 234 g/mol. The van der Waals surface area contributed by atoms with Crippen molar-refractivity contribution >= 4 is 10.0 Å². The van der Waals surface area contributed by atoms with Crippen molar-refractivity contribution in [2.45, 2.75) is 39.0 Å². The number of sulfonamides is 1. The zero-order valence-corrected chi connectivity index (χ0v) is 10.3. The molecule has 1 rings (SSSR count). The molecule has 0 aromatic heterocycles. The first-order valence-electron chi connectivity index (χ1n) is 5.71. The molecular weight excluding hydrogens is 212 g/mol. The minimum Gasteiger partial charge on any atom is -0.330 e. The van der Waals surface area contributed by atoms with E-state index in [0.717, 1.165) is 32.1 Å². The minimum absolute atomic E-state index is 0.189. The fourth-order valence-corrected chi connectivity index (χ4v) is 3.01. The Bertz CT molecular complexity index is 284. The quantitative estimate of drug-likeness (QED) is 0.653. The van der Waals surface area contributed by atoms with Gasteiger partial charge >= 0.3 is 0 Å². The Kier molecular flexibility index (Phi) is 4.55. The van der Waals surface area contributed by atoms with E-state index in [1.165, 1.54) is 0 Å². The van der Waals surface area contributed by atoms with Crippen LogP contribution in [0.5, 0.6) is 0 Å². The Hall–Kier alpha value is -0.130. The summed E-state index contributed by atoms with van der Waals surface area (Å²) in [4.78, 5) is 0. The molecule has 15 heavy (non-hydrogen) atoms. The van der Waals surface area contributed by atoms with E-state index in [1.807, 2.05) is 6.92 Å². The van der Waals surface area contributed by atoms with Gasteiger partial charge in [-0.3, -0.25) is 0 Å². The molecule has 0 saturated heterocycles. The van der Waals surface area contributed by atoms with Crippen molar-refractivity contribution in [3.05, 3.63) is 0 Å². The summed E-state index contributed by atoms with van der Waals surface area (Å²) in [5.41, 5.74) is 5.69. The molecule has 4 nitrogen and oxygen atoms in total. The van der Waals surface area contributed by atoms with Crippen LogP contribution in [0.1, 0.15) is 39.0 Å². The number of hydrogen-bond donors (Lipinski definition) is 2. The summed E-state index contributed by atoms with van der Waals surface area (Å²) in [6, 6.07) is 0. The van der Waals surface area contributed by atoms with Gasteiger partial charge in [-0.2, -0.15) is 0 Å². The van der Waals surface area contributed by atoms with E-state index in [4.69, 9.17) is 5.73 Å². The maximum atomic E-state index is 11.5. The third-order valence-corrected chi connectivity index (χ3v) is 4.48. The van der Waals surface area contributed by atoms with Gasteiger partial charge < -0.3 is 5.73 Å². The van der Waals surface area contributed by atoms with Crippen molar-refractivity contribution in [2.75, 3.05) is 18.8 Å². The Morgan fingerprint density at radius 1 is 1.40 bits per heavy atom. The van der Waals surface area contributed by atoms with Gasteiger partial charge in [-0.1, -0.05) is 13.3 Å². The molecule has 0 aromatic carbocycles. The lowest BCUT2D eigenvalue weighted by molar-refractivity contribution is 0.461. The van der Waals surface area contributed by atoms with Crippen LogP contribution in [-0.2, 0) is 10.0 Å². The fourth-order valence-electron chi connectivity index (χ4n) is 1.67.